The molecular formula is C13H23NO4. The fourth-order valence-corrected chi connectivity index (χ4v) is 2.27. The van der Waals surface area contributed by atoms with E-state index < -0.39 is 23.6 Å². The summed E-state index contributed by atoms with van der Waals surface area (Å²) in [7, 11) is 0. The highest BCUT2D eigenvalue weighted by Gasteiger charge is 2.39. The molecule has 0 aromatic heterocycles. The van der Waals surface area contributed by atoms with Gasteiger partial charge < -0.3 is 14.7 Å². The molecule has 0 radical (unpaired) electrons. The molecular weight excluding hydrogens is 234 g/mol. The summed E-state index contributed by atoms with van der Waals surface area (Å²) in [6.07, 6.45) is 0.156. The quantitative estimate of drug-likeness (QED) is 0.783. The summed E-state index contributed by atoms with van der Waals surface area (Å²) < 4.78 is 5.29. The number of likely N-dealkylation sites (tertiary alicyclic amines) is 1. The molecule has 1 amide bonds. The SMILES string of the molecule is CC1(C)C[C@@H](C(=O)O)CN(C(=O)OC(C)(C)C)C1. The van der Waals surface area contributed by atoms with E-state index in [1.54, 1.807) is 20.8 Å². The lowest BCUT2D eigenvalue weighted by molar-refractivity contribution is -0.145. The number of hydrogen-bond donors (Lipinski definition) is 1. The summed E-state index contributed by atoms with van der Waals surface area (Å²) in [5.74, 6) is -1.36. The number of hydrogen-bond acceptors (Lipinski definition) is 3. The highest BCUT2D eigenvalue weighted by Crippen LogP contribution is 2.33. The first-order valence-corrected chi connectivity index (χ1v) is 6.21. The molecule has 0 aliphatic carbocycles. The van der Waals surface area contributed by atoms with Gasteiger partial charge in [0.2, 0.25) is 0 Å². The van der Waals surface area contributed by atoms with Crippen LogP contribution in [-0.2, 0) is 9.53 Å². The summed E-state index contributed by atoms with van der Waals surface area (Å²) in [6.45, 7) is 10.1. The van der Waals surface area contributed by atoms with Crippen molar-refractivity contribution in [1.29, 1.82) is 0 Å². The fraction of sp³-hybridized carbons (Fsp3) is 0.846. The maximum absolute atomic E-state index is 12.0. The predicted octanol–water partition coefficient (Wildman–Crippen LogP) is 2.35. The molecule has 1 atom stereocenters. The van der Waals surface area contributed by atoms with E-state index in [0.717, 1.165) is 0 Å². The lowest BCUT2D eigenvalue weighted by Gasteiger charge is -2.41. The molecule has 0 aromatic rings. The van der Waals surface area contributed by atoms with Gasteiger partial charge in [-0.15, -0.1) is 0 Å². The Kier molecular flexibility index (Phi) is 3.93. The van der Waals surface area contributed by atoms with Crippen LogP contribution in [0.15, 0.2) is 0 Å². The van der Waals surface area contributed by atoms with Gasteiger partial charge >= 0.3 is 12.1 Å². The molecule has 18 heavy (non-hydrogen) atoms. The van der Waals surface area contributed by atoms with Crippen LogP contribution < -0.4 is 0 Å². The molecule has 5 heteroatoms. The van der Waals surface area contributed by atoms with Gasteiger partial charge in [0.15, 0.2) is 0 Å². The Hall–Kier alpha value is -1.26. The number of nitrogens with zero attached hydrogens (tertiary/aromatic N) is 1. The van der Waals surface area contributed by atoms with Crippen LogP contribution in [-0.4, -0.2) is 40.8 Å². The third-order valence-corrected chi connectivity index (χ3v) is 2.86. The number of carboxylic acids is 1. The Morgan fingerprint density at radius 3 is 2.33 bits per heavy atom. The number of carboxylic acid groups (broad SMARTS) is 1. The largest absolute Gasteiger partial charge is 0.481 e. The van der Waals surface area contributed by atoms with Crippen LogP contribution in [0.25, 0.3) is 0 Å². The molecule has 1 fully saturated rings. The zero-order valence-corrected chi connectivity index (χ0v) is 11.8. The van der Waals surface area contributed by atoms with Gasteiger partial charge in [-0.25, -0.2) is 4.79 Å². The molecule has 1 rings (SSSR count). The number of carbonyl (C=O) groups is 2. The minimum Gasteiger partial charge on any atom is -0.481 e. The smallest absolute Gasteiger partial charge is 0.410 e. The molecule has 0 aromatic carbocycles. The van der Waals surface area contributed by atoms with Gasteiger partial charge in [0.25, 0.3) is 0 Å². The maximum atomic E-state index is 12.0. The monoisotopic (exact) mass is 257 g/mol. The topological polar surface area (TPSA) is 66.8 Å². The van der Waals surface area contributed by atoms with Gasteiger partial charge in [0.1, 0.15) is 5.60 Å². The van der Waals surface area contributed by atoms with Gasteiger partial charge in [-0.3, -0.25) is 4.79 Å². The van der Waals surface area contributed by atoms with E-state index in [-0.39, 0.29) is 12.0 Å². The van der Waals surface area contributed by atoms with Crippen molar-refractivity contribution in [2.45, 2.75) is 46.6 Å². The number of ether oxygens (including phenoxy) is 1. The van der Waals surface area contributed by atoms with Crippen LogP contribution in [0, 0.1) is 11.3 Å². The second-order valence-electron chi connectivity index (χ2n) is 6.76. The fourth-order valence-electron chi connectivity index (χ4n) is 2.27. The van der Waals surface area contributed by atoms with Crippen LogP contribution in [0.2, 0.25) is 0 Å². The normalized spacial score (nSPS) is 23.6. The molecule has 0 bridgehead atoms. The van der Waals surface area contributed by atoms with Crippen molar-refractivity contribution in [3.05, 3.63) is 0 Å². The van der Waals surface area contributed by atoms with Crippen molar-refractivity contribution in [2.75, 3.05) is 13.1 Å². The summed E-state index contributed by atoms with van der Waals surface area (Å²) in [5.41, 5.74) is -0.754. The summed E-state index contributed by atoms with van der Waals surface area (Å²) in [4.78, 5) is 24.6. The van der Waals surface area contributed by atoms with Gasteiger partial charge in [-0.2, -0.15) is 0 Å². The van der Waals surface area contributed by atoms with Crippen molar-refractivity contribution in [1.82, 2.24) is 4.90 Å². The van der Waals surface area contributed by atoms with Gasteiger partial charge in [-0.05, 0) is 32.6 Å². The number of piperidine rings is 1. The van der Waals surface area contributed by atoms with Crippen molar-refractivity contribution in [3.63, 3.8) is 0 Å². The Labute approximate surface area is 108 Å². The first-order chi connectivity index (χ1) is 8.00. The molecule has 104 valence electrons. The van der Waals surface area contributed by atoms with E-state index in [4.69, 9.17) is 9.84 Å². The van der Waals surface area contributed by atoms with Crippen LogP contribution in [0.4, 0.5) is 4.79 Å². The zero-order valence-electron chi connectivity index (χ0n) is 11.8. The number of amides is 1. The second kappa shape index (κ2) is 4.78. The van der Waals surface area contributed by atoms with E-state index in [2.05, 4.69) is 0 Å². The van der Waals surface area contributed by atoms with E-state index in [1.165, 1.54) is 4.90 Å². The average molecular weight is 257 g/mol. The molecule has 0 saturated carbocycles. The molecule has 1 heterocycles. The molecule has 1 aliphatic rings. The first kappa shape index (κ1) is 14.8. The van der Waals surface area contributed by atoms with Crippen LogP contribution in [0.5, 0.6) is 0 Å². The van der Waals surface area contributed by atoms with Crippen molar-refractivity contribution < 1.29 is 19.4 Å². The Morgan fingerprint density at radius 2 is 1.89 bits per heavy atom. The minimum atomic E-state index is -0.851. The van der Waals surface area contributed by atoms with Crippen LogP contribution >= 0.6 is 0 Å². The summed E-state index contributed by atoms with van der Waals surface area (Å²) in [6, 6.07) is 0. The highest BCUT2D eigenvalue weighted by molar-refractivity contribution is 5.73. The molecule has 0 unspecified atom stereocenters. The summed E-state index contributed by atoms with van der Waals surface area (Å²) >= 11 is 0. The molecule has 0 spiro atoms. The van der Waals surface area contributed by atoms with Crippen molar-refractivity contribution >= 4 is 12.1 Å². The third-order valence-electron chi connectivity index (χ3n) is 2.86. The van der Waals surface area contributed by atoms with Crippen molar-refractivity contribution in [2.24, 2.45) is 11.3 Å². The van der Waals surface area contributed by atoms with Crippen LogP contribution in [0.1, 0.15) is 41.0 Å². The standard InChI is InChI=1S/C13H23NO4/c1-12(2,3)18-11(17)14-7-9(10(15)16)6-13(4,5)8-14/h9H,6-8H2,1-5H3,(H,15,16)/t9-/m1/s1. The van der Waals surface area contributed by atoms with Gasteiger partial charge in [0, 0.05) is 13.1 Å². The molecule has 1 aliphatic heterocycles. The maximum Gasteiger partial charge on any atom is 0.410 e. The van der Waals surface area contributed by atoms with E-state index in [0.29, 0.717) is 13.0 Å². The Morgan fingerprint density at radius 1 is 1.33 bits per heavy atom. The van der Waals surface area contributed by atoms with E-state index in [1.807, 2.05) is 13.8 Å². The number of aliphatic carboxylic acids is 1. The lowest BCUT2D eigenvalue weighted by atomic mass is 9.79. The average Bonchev–Trinajstić information content (AvgIpc) is 2.12. The van der Waals surface area contributed by atoms with E-state index in [9.17, 15) is 9.59 Å². The number of carbonyl (C=O) groups excluding carboxylic acids is 1. The van der Waals surface area contributed by atoms with Crippen molar-refractivity contribution in [3.8, 4) is 0 Å². The zero-order chi connectivity index (χ0) is 14.1. The van der Waals surface area contributed by atoms with Gasteiger partial charge in [0.05, 0.1) is 5.92 Å². The highest BCUT2D eigenvalue weighted by atomic mass is 16.6. The summed E-state index contributed by atoms with van der Waals surface area (Å²) in [5, 5.41) is 9.12. The lowest BCUT2D eigenvalue weighted by Crippen LogP contribution is -2.50. The first-order valence-electron chi connectivity index (χ1n) is 6.21. The molecule has 5 nitrogen and oxygen atoms in total. The predicted molar refractivity (Wildman–Crippen MR) is 67.3 cm³/mol. The second-order valence-corrected chi connectivity index (χ2v) is 6.76. The molecule has 1 N–H and O–H groups in total. The number of rotatable bonds is 1. The van der Waals surface area contributed by atoms with Gasteiger partial charge in [-0.1, -0.05) is 13.8 Å². The van der Waals surface area contributed by atoms with Crippen LogP contribution in [0.3, 0.4) is 0 Å². The van der Waals surface area contributed by atoms with E-state index >= 15 is 0 Å². The third kappa shape index (κ3) is 4.20. The molecule has 1 saturated heterocycles. The minimum absolute atomic E-state index is 0.196. The Bertz CT molecular complexity index is 343. The Balaban J connectivity index is 2.76.